The Balaban J connectivity index is 1.89. The lowest BCUT2D eigenvalue weighted by Gasteiger charge is -2.18. The summed E-state index contributed by atoms with van der Waals surface area (Å²) >= 11 is 0. The molecule has 3 rings (SSSR count). The van der Waals surface area contributed by atoms with Gasteiger partial charge in [0.15, 0.2) is 17.2 Å². The van der Waals surface area contributed by atoms with Crippen molar-refractivity contribution in [3.05, 3.63) is 64.9 Å². The van der Waals surface area contributed by atoms with Gasteiger partial charge < -0.3 is 14.2 Å². The Labute approximate surface area is 169 Å². The summed E-state index contributed by atoms with van der Waals surface area (Å²) in [6, 6.07) is 12.8. The number of cyclic esters (lactones) is 1. The molecule has 0 saturated carbocycles. The van der Waals surface area contributed by atoms with Crippen LogP contribution in [-0.2, 0) is 19.7 Å². The fraction of sp³-hybridized carbons (Fsp3) is 0.261. The SMILES string of the molecule is COc1ccc(/C=C2\N=C(c3ccc(C(C)(C)C)cc3)OC2=O)cc1OC(C)=O. The predicted octanol–water partition coefficient (Wildman–Crippen LogP) is 4.26. The van der Waals surface area contributed by atoms with Crippen molar-refractivity contribution < 1.29 is 23.8 Å². The monoisotopic (exact) mass is 393 g/mol. The number of carbonyl (C=O) groups is 2. The molecule has 0 bridgehead atoms. The van der Waals surface area contributed by atoms with Gasteiger partial charge in [0, 0.05) is 12.5 Å². The van der Waals surface area contributed by atoms with Crippen LogP contribution < -0.4 is 9.47 Å². The van der Waals surface area contributed by atoms with Gasteiger partial charge in [-0.25, -0.2) is 9.79 Å². The number of aliphatic imine (C=N–C) groups is 1. The van der Waals surface area contributed by atoms with E-state index in [2.05, 4.69) is 25.8 Å². The minimum atomic E-state index is -0.537. The summed E-state index contributed by atoms with van der Waals surface area (Å²) in [6.07, 6.45) is 1.57. The molecule has 0 unspecified atom stereocenters. The van der Waals surface area contributed by atoms with Gasteiger partial charge in [0.05, 0.1) is 7.11 Å². The minimum Gasteiger partial charge on any atom is -0.493 e. The van der Waals surface area contributed by atoms with E-state index in [9.17, 15) is 9.59 Å². The number of carbonyl (C=O) groups excluding carboxylic acids is 2. The van der Waals surface area contributed by atoms with Gasteiger partial charge in [0.1, 0.15) is 0 Å². The first-order valence-electron chi connectivity index (χ1n) is 9.17. The van der Waals surface area contributed by atoms with E-state index in [4.69, 9.17) is 14.2 Å². The Morgan fingerprint density at radius 2 is 1.76 bits per heavy atom. The van der Waals surface area contributed by atoms with Gasteiger partial charge in [-0.15, -0.1) is 0 Å². The molecule has 150 valence electrons. The number of ether oxygens (including phenoxy) is 3. The number of hydrogen-bond acceptors (Lipinski definition) is 6. The van der Waals surface area contributed by atoms with Crippen LogP contribution in [0.4, 0.5) is 0 Å². The number of esters is 2. The Bertz CT molecular complexity index is 1010. The molecule has 0 spiro atoms. The summed E-state index contributed by atoms with van der Waals surface area (Å²) in [5, 5.41) is 0. The van der Waals surface area contributed by atoms with Crippen molar-refractivity contribution in [2.75, 3.05) is 7.11 Å². The van der Waals surface area contributed by atoms with E-state index in [1.807, 2.05) is 24.3 Å². The largest absolute Gasteiger partial charge is 0.493 e. The lowest BCUT2D eigenvalue weighted by atomic mass is 9.87. The lowest BCUT2D eigenvalue weighted by molar-refractivity contribution is -0.132. The second-order valence-corrected chi connectivity index (χ2v) is 7.67. The number of hydrogen-bond donors (Lipinski definition) is 0. The van der Waals surface area contributed by atoms with Gasteiger partial charge in [0.2, 0.25) is 5.90 Å². The summed E-state index contributed by atoms with van der Waals surface area (Å²) in [6.45, 7) is 7.71. The van der Waals surface area contributed by atoms with Crippen LogP contribution in [0.5, 0.6) is 11.5 Å². The first-order chi connectivity index (χ1) is 13.7. The van der Waals surface area contributed by atoms with E-state index < -0.39 is 11.9 Å². The summed E-state index contributed by atoms with van der Waals surface area (Å²) in [4.78, 5) is 27.9. The molecular formula is C23H23NO5. The third-order valence-electron chi connectivity index (χ3n) is 4.36. The Kier molecular flexibility index (Phi) is 5.55. The van der Waals surface area contributed by atoms with Crippen LogP contribution in [0.25, 0.3) is 6.08 Å². The molecule has 6 heteroatoms. The first-order valence-corrected chi connectivity index (χ1v) is 9.17. The van der Waals surface area contributed by atoms with Crippen LogP contribution in [0.15, 0.2) is 53.2 Å². The fourth-order valence-electron chi connectivity index (χ4n) is 2.82. The second-order valence-electron chi connectivity index (χ2n) is 7.67. The Hall–Kier alpha value is -3.41. The molecule has 0 aliphatic carbocycles. The molecule has 0 fully saturated rings. The number of nitrogens with zero attached hydrogens (tertiary/aromatic N) is 1. The minimum absolute atomic E-state index is 0.0335. The van der Waals surface area contributed by atoms with Crippen molar-refractivity contribution in [2.45, 2.75) is 33.1 Å². The summed E-state index contributed by atoms with van der Waals surface area (Å²) in [5.74, 6) is -0.0604. The van der Waals surface area contributed by atoms with Crippen LogP contribution >= 0.6 is 0 Å². The zero-order chi connectivity index (χ0) is 21.2. The molecule has 0 radical (unpaired) electrons. The summed E-state index contributed by atoms with van der Waals surface area (Å²) < 4.78 is 15.7. The quantitative estimate of drug-likeness (QED) is 0.441. The van der Waals surface area contributed by atoms with Gasteiger partial charge >= 0.3 is 11.9 Å². The predicted molar refractivity (Wildman–Crippen MR) is 110 cm³/mol. The van der Waals surface area contributed by atoms with E-state index >= 15 is 0 Å². The van der Waals surface area contributed by atoms with E-state index in [1.54, 1.807) is 24.3 Å². The molecule has 0 amide bonds. The van der Waals surface area contributed by atoms with Crippen molar-refractivity contribution in [3.63, 3.8) is 0 Å². The van der Waals surface area contributed by atoms with Gasteiger partial charge in [-0.1, -0.05) is 39.0 Å². The Morgan fingerprint density at radius 1 is 1.07 bits per heavy atom. The second kappa shape index (κ2) is 7.91. The van der Waals surface area contributed by atoms with Crippen molar-refractivity contribution in [1.29, 1.82) is 0 Å². The highest BCUT2D eigenvalue weighted by atomic mass is 16.6. The average Bonchev–Trinajstić information content (AvgIpc) is 3.01. The van der Waals surface area contributed by atoms with Crippen molar-refractivity contribution >= 4 is 23.9 Å². The van der Waals surface area contributed by atoms with Gasteiger partial charge in [-0.05, 0) is 46.9 Å². The average molecular weight is 393 g/mol. The van der Waals surface area contributed by atoms with Crippen molar-refractivity contribution in [2.24, 2.45) is 4.99 Å². The zero-order valence-electron chi connectivity index (χ0n) is 17.1. The maximum atomic E-state index is 12.3. The molecule has 2 aromatic rings. The normalized spacial score (nSPS) is 15.1. The number of benzene rings is 2. The molecule has 0 atom stereocenters. The van der Waals surface area contributed by atoms with E-state index in [0.717, 1.165) is 5.56 Å². The molecule has 0 aromatic heterocycles. The van der Waals surface area contributed by atoms with Crippen LogP contribution in [0, 0.1) is 0 Å². The fourth-order valence-corrected chi connectivity index (χ4v) is 2.82. The first kappa shape index (κ1) is 20.3. The van der Waals surface area contributed by atoms with E-state index in [0.29, 0.717) is 11.3 Å². The summed E-state index contributed by atoms with van der Waals surface area (Å²) in [7, 11) is 1.48. The van der Waals surface area contributed by atoms with Gasteiger partial charge in [0.25, 0.3) is 0 Å². The smallest absolute Gasteiger partial charge is 0.363 e. The highest BCUT2D eigenvalue weighted by Gasteiger charge is 2.25. The molecule has 0 saturated heterocycles. The number of methoxy groups -OCH3 is 1. The maximum absolute atomic E-state index is 12.3. The molecule has 1 aliphatic heterocycles. The molecule has 29 heavy (non-hydrogen) atoms. The molecule has 0 N–H and O–H groups in total. The molecular weight excluding hydrogens is 370 g/mol. The van der Waals surface area contributed by atoms with Crippen molar-refractivity contribution in [3.8, 4) is 11.5 Å². The van der Waals surface area contributed by atoms with Gasteiger partial charge in [-0.3, -0.25) is 4.79 Å². The standard InChI is InChI=1S/C23H23NO5/c1-14(25)28-20-13-15(6-11-19(20)27-5)12-18-22(26)29-21(24-18)16-7-9-17(10-8-16)23(2,3)4/h6-13H,1-5H3/b18-12-. The topological polar surface area (TPSA) is 74.2 Å². The van der Waals surface area contributed by atoms with Crippen LogP contribution in [0.3, 0.4) is 0 Å². The third kappa shape index (κ3) is 4.71. The number of rotatable bonds is 4. The molecule has 1 heterocycles. The van der Waals surface area contributed by atoms with Crippen molar-refractivity contribution in [1.82, 2.24) is 0 Å². The molecule has 6 nitrogen and oxygen atoms in total. The highest BCUT2D eigenvalue weighted by molar-refractivity contribution is 6.12. The molecule has 1 aliphatic rings. The van der Waals surface area contributed by atoms with Gasteiger partial charge in [-0.2, -0.15) is 0 Å². The third-order valence-corrected chi connectivity index (χ3v) is 4.36. The highest BCUT2D eigenvalue weighted by Crippen LogP contribution is 2.30. The van der Waals surface area contributed by atoms with Crippen LogP contribution in [-0.4, -0.2) is 24.9 Å². The van der Waals surface area contributed by atoms with Crippen LogP contribution in [0.2, 0.25) is 0 Å². The lowest BCUT2D eigenvalue weighted by Crippen LogP contribution is -2.11. The zero-order valence-corrected chi connectivity index (χ0v) is 17.1. The van der Waals surface area contributed by atoms with E-state index in [-0.39, 0.29) is 22.8 Å². The molecule has 2 aromatic carbocycles. The van der Waals surface area contributed by atoms with Crippen LogP contribution in [0.1, 0.15) is 44.4 Å². The maximum Gasteiger partial charge on any atom is 0.363 e. The Morgan fingerprint density at radius 3 is 2.34 bits per heavy atom. The van der Waals surface area contributed by atoms with E-state index in [1.165, 1.54) is 19.6 Å². The summed E-state index contributed by atoms with van der Waals surface area (Å²) in [5.41, 5.74) is 2.73.